The number of thiophene rings is 1. The van der Waals surface area contributed by atoms with Crippen molar-refractivity contribution in [3.05, 3.63) is 76.2 Å². The fourth-order valence-corrected chi connectivity index (χ4v) is 7.45. The van der Waals surface area contributed by atoms with Crippen LogP contribution in [0.2, 0.25) is 0 Å². The minimum absolute atomic E-state index is 0.114. The lowest BCUT2D eigenvalue weighted by atomic mass is 9.97. The second-order valence-electron chi connectivity index (χ2n) is 12.9. The monoisotopic (exact) mass is 679 g/mol. The Morgan fingerprint density at radius 1 is 1.06 bits per heavy atom. The summed E-state index contributed by atoms with van der Waals surface area (Å²) in [6.07, 6.45) is -0.0639. The van der Waals surface area contributed by atoms with Crippen LogP contribution in [0.3, 0.4) is 0 Å². The Bertz CT molecular complexity index is 1930. The van der Waals surface area contributed by atoms with Crippen LogP contribution >= 0.6 is 11.3 Å². The maximum Gasteiger partial charge on any atom is 0.393 e. The van der Waals surface area contributed by atoms with E-state index in [2.05, 4.69) is 60.2 Å². The van der Waals surface area contributed by atoms with E-state index in [-0.39, 0.29) is 16.8 Å². The molecule has 1 unspecified atom stereocenters. The summed E-state index contributed by atoms with van der Waals surface area (Å²) in [5.74, 6) is 0.939. The van der Waals surface area contributed by atoms with Gasteiger partial charge in [0, 0.05) is 65.3 Å². The number of carbonyl (C=O) groups excluding carboxylic acids is 1. The predicted molar refractivity (Wildman–Crippen MR) is 183 cm³/mol. The lowest BCUT2D eigenvalue weighted by Crippen LogP contribution is -2.39. The first-order valence-electron chi connectivity index (χ1n) is 16.2. The molecule has 0 saturated carbocycles. The second kappa shape index (κ2) is 13.4. The van der Waals surface area contributed by atoms with Crippen molar-refractivity contribution < 1.29 is 23.1 Å². The van der Waals surface area contributed by atoms with E-state index in [4.69, 9.17) is 0 Å². The zero-order valence-corrected chi connectivity index (χ0v) is 28.3. The molecule has 1 aromatic carbocycles. The number of anilines is 2. The van der Waals surface area contributed by atoms with Crippen LogP contribution in [-0.4, -0.2) is 60.7 Å². The van der Waals surface area contributed by atoms with E-state index in [0.717, 1.165) is 60.4 Å². The number of rotatable bonds is 10. The van der Waals surface area contributed by atoms with Crippen LogP contribution in [0, 0.1) is 13.8 Å². The number of halogens is 3. The van der Waals surface area contributed by atoms with Gasteiger partial charge < -0.3 is 20.3 Å². The number of aromatic nitrogens is 4. The molecule has 5 heterocycles. The molecular formula is C35H40F3N7O2S. The molecule has 9 nitrogen and oxygen atoms in total. The van der Waals surface area contributed by atoms with Gasteiger partial charge in [-0.1, -0.05) is 19.1 Å². The van der Waals surface area contributed by atoms with Crippen molar-refractivity contribution in [2.75, 3.05) is 23.7 Å². The Labute approximate surface area is 281 Å². The highest BCUT2D eigenvalue weighted by Gasteiger charge is 2.30. The van der Waals surface area contributed by atoms with Gasteiger partial charge in [-0.2, -0.15) is 13.2 Å². The van der Waals surface area contributed by atoms with Gasteiger partial charge in [0.2, 0.25) is 5.91 Å². The molecule has 48 heavy (non-hydrogen) atoms. The van der Waals surface area contributed by atoms with Gasteiger partial charge in [0.25, 0.3) is 0 Å². The Kier molecular flexibility index (Phi) is 9.47. The van der Waals surface area contributed by atoms with E-state index < -0.39 is 18.2 Å². The molecule has 1 amide bonds. The summed E-state index contributed by atoms with van der Waals surface area (Å²) in [6, 6.07) is 11.7. The number of nitrogens with zero attached hydrogens (tertiary/aromatic N) is 5. The quantitative estimate of drug-likeness (QED) is 0.145. The lowest BCUT2D eigenvalue weighted by molar-refractivity contribution is -0.126. The number of alkyl halides is 3. The summed E-state index contributed by atoms with van der Waals surface area (Å²) in [5, 5.41) is 19.5. The maximum atomic E-state index is 12.9. The van der Waals surface area contributed by atoms with Crippen molar-refractivity contribution in [3.63, 3.8) is 0 Å². The smallest absolute Gasteiger partial charge is 0.384 e. The summed E-state index contributed by atoms with van der Waals surface area (Å²) in [4.78, 5) is 27.8. The fraction of sp³-hybridized carbons (Fsp3) is 0.429. The van der Waals surface area contributed by atoms with Crippen LogP contribution in [-0.2, 0) is 29.9 Å². The molecule has 254 valence electrons. The number of carbonyl (C=O) groups is 1. The Morgan fingerprint density at radius 3 is 2.52 bits per heavy atom. The van der Waals surface area contributed by atoms with Gasteiger partial charge in [-0.15, -0.1) is 11.3 Å². The molecule has 1 atom stereocenters. The third-order valence-corrected chi connectivity index (χ3v) is 10.2. The number of pyridine rings is 1. The average molecular weight is 680 g/mol. The lowest BCUT2D eigenvalue weighted by Gasteiger charge is -2.33. The number of benzene rings is 1. The summed E-state index contributed by atoms with van der Waals surface area (Å²) in [7, 11) is 0. The molecule has 1 aliphatic heterocycles. The molecule has 1 saturated heterocycles. The molecule has 6 rings (SSSR count). The first-order valence-corrected chi connectivity index (χ1v) is 17.0. The fourth-order valence-electron chi connectivity index (χ4n) is 6.43. The first-order chi connectivity index (χ1) is 22.8. The van der Waals surface area contributed by atoms with Crippen molar-refractivity contribution in [1.29, 1.82) is 0 Å². The van der Waals surface area contributed by atoms with E-state index in [9.17, 15) is 23.1 Å². The zero-order chi connectivity index (χ0) is 34.2. The van der Waals surface area contributed by atoms with Crippen LogP contribution in [0.15, 0.2) is 48.9 Å². The van der Waals surface area contributed by atoms with Crippen LogP contribution in [0.5, 0.6) is 0 Å². The summed E-state index contributed by atoms with van der Waals surface area (Å²) >= 11 is 1.06. The molecule has 3 N–H and O–H groups in total. The van der Waals surface area contributed by atoms with Gasteiger partial charge in [-0.3, -0.25) is 9.69 Å². The molecule has 0 bridgehead atoms. The number of nitrogens with one attached hydrogen (secondary N) is 2. The molecule has 4 aromatic heterocycles. The standard InChI is InChI=1S/C35H40F3N7O2S/c1-5-31(46)43-30-9-7-24(17-39-30)34(4,47)19-45-21(2)14-27-22(3)23(6-8-29(27)45)18-44-12-10-25(11-13-44)42-32-28-15-26(16-35(36,37)38)48-33(28)41-20-40-32/h6-9,14-15,17,20,25,47H,5,10-13,16,18-19H2,1-4H3,(H,39,43,46)(H,40,41,42). The van der Waals surface area contributed by atoms with Crippen LogP contribution in [0.1, 0.15) is 60.4 Å². The highest BCUT2D eigenvalue weighted by Crippen LogP contribution is 2.34. The van der Waals surface area contributed by atoms with Crippen LogP contribution in [0.4, 0.5) is 24.8 Å². The Morgan fingerprint density at radius 2 is 1.83 bits per heavy atom. The number of hydrogen-bond acceptors (Lipinski definition) is 8. The molecule has 5 aromatic rings. The topological polar surface area (TPSA) is 108 Å². The van der Waals surface area contributed by atoms with Gasteiger partial charge in [-0.05, 0) is 69.0 Å². The van der Waals surface area contributed by atoms with Crippen LogP contribution < -0.4 is 10.6 Å². The van der Waals surface area contributed by atoms with Crippen molar-refractivity contribution in [2.24, 2.45) is 0 Å². The third-order valence-electron chi connectivity index (χ3n) is 9.19. The molecule has 1 aliphatic rings. The first kappa shape index (κ1) is 33.8. The number of likely N-dealkylation sites (tertiary alicyclic amines) is 1. The Hall–Kier alpha value is -4.07. The van der Waals surface area contributed by atoms with Crippen molar-refractivity contribution >= 4 is 50.0 Å². The van der Waals surface area contributed by atoms with Crippen molar-refractivity contribution in [3.8, 4) is 0 Å². The molecule has 1 fully saturated rings. The normalized spacial score (nSPS) is 16.0. The second-order valence-corrected chi connectivity index (χ2v) is 14.0. The van der Waals surface area contributed by atoms with Gasteiger partial charge in [0.05, 0.1) is 18.4 Å². The van der Waals surface area contributed by atoms with Gasteiger partial charge in [0.1, 0.15) is 28.4 Å². The average Bonchev–Trinajstić information content (AvgIpc) is 3.59. The van der Waals surface area contributed by atoms with Gasteiger partial charge in [0.15, 0.2) is 0 Å². The van der Waals surface area contributed by atoms with E-state index >= 15 is 0 Å². The Balaban J connectivity index is 1.09. The molecule has 13 heteroatoms. The van der Waals surface area contributed by atoms with Crippen molar-refractivity contribution in [1.82, 2.24) is 24.4 Å². The van der Waals surface area contributed by atoms with E-state index in [1.165, 1.54) is 17.5 Å². The highest BCUT2D eigenvalue weighted by molar-refractivity contribution is 7.18. The number of aryl methyl sites for hydroxylation is 2. The number of hydrogen-bond donors (Lipinski definition) is 3. The van der Waals surface area contributed by atoms with E-state index in [0.29, 0.717) is 40.4 Å². The number of fused-ring (bicyclic) bond motifs is 2. The highest BCUT2D eigenvalue weighted by atomic mass is 32.1. The van der Waals surface area contributed by atoms with Crippen LogP contribution in [0.25, 0.3) is 21.1 Å². The summed E-state index contributed by atoms with van der Waals surface area (Å²) in [5.41, 5.74) is 4.04. The number of amides is 1. The molecule has 0 radical (unpaired) electrons. The SMILES string of the molecule is CCC(=O)Nc1ccc(C(C)(O)Cn2c(C)cc3c(C)c(CN4CCC(Nc5ncnc6sc(CC(F)(F)F)cc56)CC4)ccc32)cn1. The summed E-state index contributed by atoms with van der Waals surface area (Å²) < 4.78 is 41.0. The van der Waals surface area contributed by atoms with E-state index in [1.807, 2.05) is 6.92 Å². The van der Waals surface area contributed by atoms with Gasteiger partial charge in [-0.25, -0.2) is 15.0 Å². The number of piperidine rings is 1. The van der Waals surface area contributed by atoms with Crippen molar-refractivity contribution in [2.45, 2.75) is 84.3 Å². The summed E-state index contributed by atoms with van der Waals surface area (Å²) in [6.45, 7) is 10.7. The largest absolute Gasteiger partial charge is 0.393 e. The minimum Gasteiger partial charge on any atom is -0.384 e. The third kappa shape index (κ3) is 7.48. The molecule has 0 spiro atoms. The maximum absolute atomic E-state index is 12.9. The predicted octanol–water partition coefficient (Wildman–Crippen LogP) is 7.10. The molecule has 0 aliphatic carbocycles. The number of aliphatic hydroxyl groups is 1. The minimum atomic E-state index is -4.26. The van der Waals surface area contributed by atoms with Gasteiger partial charge >= 0.3 is 6.18 Å². The zero-order valence-electron chi connectivity index (χ0n) is 27.5. The molecular weight excluding hydrogens is 639 g/mol. The van der Waals surface area contributed by atoms with E-state index in [1.54, 1.807) is 38.2 Å².